The van der Waals surface area contributed by atoms with Gasteiger partial charge in [-0.25, -0.2) is 0 Å². The highest BCUT2D eigenvalue weighted by Crippen LogP contribution is 2.25. The topological polar surface area (TPSA) is 106 Å². The molecule has 7 nitrogen and oxygen atoms in total. The molecule has 0 fully saturated rings. The molecule has 0 atom stereocenters. The van der Waals surface area contributed by atoms with Crippen molar-refractivity contribution in [3.63, 3.8) is 0 Å². The van der Waals surface area contributed by atoms with Crippen LogP contribution in [-0.4, -0.2) is 22.4 Å². The summed E-state index contributed by atoms with van der Waals surface area (Å²) in [4.78, 5) is 45.7. The van der Waals surface area contributed by atoms with Crippen LogP contribution in [0.3, 0.4) is 0 Å². The van der Waals surface area contributed by atoms with Crippen LogP contribution in [-0.2, 0) is 9.59 Å². The zero-order valence-electron chi connectivity index (χ0n) is 12.8. The highest BCUT2D eigenvalue weighted by Gasteiger charge is 2.19. The van der Waals surface area contributed by atoms with Crippen molar-refractivity contribution < 1.29 is 19.3 Å². The van der Waals surface area contributed by atoms with Crippen LogP contribution in [0.4, 0.5) is 11.4 Å². The molecule has 1 N–H and O–H groups in total. The van der Waals surface area contributed by atoms with Gasteiger partial charge in [0.15, 0.2) is 5.78 Å². The van der Waals surface area contributed by atoms with E-state index in [4.69, 9.17) is 0 Å². The van der Waals surface area contributed by atoms with Crippen molar-refractivity contribution in [3.05, 3.63) is 69.8 Å². The van der Waals surface area contributed by atoms with E-state index in [0.717, 1.165) is 6.07 Å². The summed E-state index contributed by atoms with van der Waals surface area (Å²) in [6, 6.07) is 11.8. The van der Waals surface area contributed by atoms with Crippen LogP contribution >= 0.6 is 0 Å². The molecule has 2 aromatic carbocycles. The van der Waals surface area contributed by atoms with Crippen LogP contribution in [0, 0.1) is 10.1 Å². The molecule has 0 spiro atoms. The summed E-state index contributed by atoms with van der Waals surface area (Å²) in [6.45, 7) is 1.27. The molecule has 0 radical (unpaired) electrons. The highest BCUT2D eigenvalue weighted by atomic mass is 16.6. The number of anilines is 1. The Kier molecular flexibility index (Phi) is 5.16. The molecule has 7 heteroatoms. The van der Waals surface area contributed by atoms with Crippen LogP contribution in [0.25, 0.3) is 0 Å². The number of ketones is 2. The minimum Gasteiger partial charge on any atom is -0.325 e. The fourth-order valence-electron chi connectivity index (χ4n) is 2.11. The molecule has 0 aliphatic rings. The van der Waals surface area contributed by atoms with E-state index in [1.54, 1.807) is 30.3 Å². The standard InChI is InChI=1S/C17H14N2O5/c1-11(20)9-16(21)18-15-8-7-13(19(23)24)10-14(15)17(22)12-5-3-2-4-6-12/h2-8,10H,9H2,1H3,(H,18,21). The van der Waals surface area contributed by atoms with Gasteiger partial charge in [-0.05, 0) is 13.0 Å². The molecular weight excluding hydrogens is 312 g/mol. The number of nitro benzene ring substituents is 1. The summed E-state index contributed by atoms with van der Waals surface area (Å²) in [7, 11) is 0. The lowest BCUT2D eigenvalue weighted by Gasteiger charge is -2.10. The van der Waals surface area contributed by atoms with Crippen LogP contribution < -0.4 is 5.32 Å². The maximum atomic E-state index is 12.6. The van der Waals surface area contributed by atoms with E-state index >= 15 is 0 Å². The van der Waals surface area contributed by atoms with Gasteiger partial charge in [-0.15, -0.1) is 0 Å². The second-order valence-corrected chi connectivity index (χ2v) is 5.11. The molecule has 0 saturated carbocycles. The summed E-state index contributed by atoms with van der Waals surface area (Å²) in [5.74, 6) is -1.37. The third kappa shape index (κ3) is 4.10. The number of nitrogens with one attached hydrogen (secondary N) is 1. The summed E-state index contributed by atoms with van der Waals surface area (Å²) < 4.78 is 0. The lowest BCUT2D eigenvalue weighted by atomic mass is 10.0. The molecule has 0 saturated heterocycles. The Morgan fingerprint density at radius 1 is 1.08 bits per heavy atom. The van der Waals surface area contributed by atoms with E-state index in [1.807, 2.05) is 0 Å². The average Bonchev–Trinajstić information content (AvgIpc) is 2.54. The van der Waals surface area contributed by atoms with Gasteiger partial charge < -0.3 is 5.32 Å². The Morgan fingerprint density at radius 2 is 1.75 bits per heavy atom. The quantitative estimate of drug-likeness (QED) is 0.380. The van der Waals surface area contributed by atoms with Gasteiger partial charge in [0.25, 0.3) is 5.69 Å². The Hall–Kier alpha value is -3.35. The molecule has 0 unspecified atom stereocenters. The van der Waals surface area contributed by atoms with Crippen molar-refractivity contribution in [1.82, 2.24) is 0 Å². The Balaban J connectivity index is 2.43. The monoisotopic (exact) mass is 326 g/mol. The lowest BCUT2D eigenvalue weighted by molar-refractivity contribution is -0.384. The van der Waals surface area contributed by atoms with Crippen molar-refractivity contribution in [3.8, 4) is 0 Å². The Labute approximate surface area is 137 Å². The minimum atomic E-state index is -0.622. The van der Waals surface area contributed by atoms with E-state index in [1.165, 1.54) is 19.1 Å². The maximum Gasteiger partial charge on any atom is 0.270 e. The zero-order valence-corrected chi connectivity index (χ0v) is 12.8. The number of amides is 1. The Morgan fingerprint density at radius 3 is 2.33 bits per heavy atom. The van der Waals surface area contributed by atoms with Gasteiger partial charge in [0.1, 0.15) is 5.78 Å². The molecular formula is C17H14N2O5. The van der Waals surface area contributed by atoms with E-state index in [9.17, 15) is 24.5 Å². The number of rotatable bonds is 6. The molecule has 2 rings (SSSR count). The number of nitrogens with zero attached hydrogens (tertiary/aromatic N) is 1. The fourth-order valence-corrected chi connectivity index (χ4v) is 2.11. The predicted octanol–water partition coefficient (Wildman–Crippen LogP) is 2.74. The van der Waals surface area contributed by atoms with Gasteiger partial charge in [0, 0.05) is 17.7 Å². The predicted molar refractivity (Wildman–Crippen MR) is 86.9 cm³/mol. The average molecular weight is 326 g/mol. The van der Waals surface area contributed by atoms with Crippen LogP contribution in [0.5, 0.6) is 0 Å². The number of Topliss-reactive ketones (excluding diaryl/α,β-unsaturated/α-hetero) is 1. The van der Waals surface area contributed by atoms with Crippen LogP contribution in [0.2, 0.25) is 0 Å². The first-order valence-corrected chi connectivity index (χ1v) is 7.06. The van der Waals surface area contributed by atoms with E-state index < -0.39 is 16.6 Å². The normalized spacial score (nSPS) is 10.0. The maximum absolute atomic E-state index is 12.6. The number of non-ortho nitro benzene ring substituents is 1. The second-order valence-electron chi connectivity index (χ2n) is 5.11. The van der Waals surface area contributed by atoms with Gasteiger partial charge in [0.2, 0.25) is 5.91 Å². The Bertz CT molecular complexity index is 815. The van der Waals surface area contributed by atoms with Crippen molar-refractivity contribution in [2.75, 3.05) is 5.32 Å². The number of carbonyl (C=O) groups is 3. The third-order valence-electron chi connectivity index (χ3n) is 3.18. The van der Waals surface area contributed by atoms with Crippen LogP contribution in [0.15, 0.2) is 48.5 Å². The van der Waals surface area contributed by atoms with Crippen molar-refractivity contribution >= 4 is 28.8 Å². The smallest absolute Gasteiger partial charge is 0.270 e. The van der Waals surface area contributed by atoms with Gasteiger partial charge in [-0.2, -0.15) is 0 Å². The van der Waals surface area contributed by atoms with Crippen molar-refractivity contribution in [2.24, 2.45) is 0 Å². The van der Waals surface area contributed by atoms with E-state index in [0.29, 0.717) is 5.56 Å². The largest absolute Gasteiger partial charge is 0.325 e. The number of hydrogen-bond acceptors (Lipinski definition) is 5. The molecule has 0 heterocycles. The molecule has 24 heavy (non-hydrogen) atoms. The highest BCUT2D eigenvalue weighted by molar-refractivity contribution is 6.15. The molecule has 1 amide bonds. The molecule has 0 aliphatic carbocycles. The first-order valence-electron chi connectivity index (χ1n) is 7.06. The third-order valence-corrected chi connectivity index (χ3v) is 3.18. The van der Waals surface area contributed by atoms with Crippen molar-refractivity contribution in [1.29, 1.82) is 0 Å². The SMILES string of the molecule is CC(=O)CC(=O)Nc1ccc([N+](=O)[O-])cc1C(=O)c1ccccc1. The van der Waals surface area contributed by atoms with Crippen LogP contribution in [0.1, 0.15) is 29.3 Å². The van der Waals surface area contributed by atoms with Gasteiger partial charge >= 0.3 is 0 Å². The van der Waals surface area contributed by atoms with E-state index in [-0.39, 0.29) is 29.1 Å². The first-order chi connectivity index (χ1) is 11.4. The molecule has 122 valence electrons. The molecule has 2 aromatic rings. The lowest BCUT2D eigenvalue weighted by Crippen LogP contribution is -2.17. The summed E-state index contributed by atoms with van der Waals surface area (Å²) in [5, 5.41) is 13.4. The fraction of sp³-hybridized carbons (Fsp3) is 0.118. The van der Waals surface area contributed by atoms with Gasteiger partial charge in [-0.3, -0.25) is 24.5 Å². The van der Waals surface area contributed by atoms with Gasteiger partial charge in [0.05, 0.1) is 22.6 Å². The zero-order chi connectivity index (χ0) is 17.7. The minimum absolute atomic E-state index is 0.00713. The molecule has 0 aliphatic heterocycles. The summed E-state index contributed by atoms with van der Waals surface area (Å²) in [6.07, 6.45) is -0.337. The number of hydrogen-bond donors (Lipinski definition) is 1. The van der Waals surface area contributed by atoms with E-state index in [2.05, 4.69) is 5.32 Å². The number of benzene rings is 2. The number of nitro groups is 1. The molecule has 0 aromatic heterocycles. The summed E-state index contributed by atoms with van der Waals surface area (Å²) in [5.41, 5.74) is 0.187. The van der Waals surface area contributed by atoms with Crippen molar-refractivity contribution in [2.45, 2.75) is 13.3 Å². The first kappa shape index (κ1) is 17.0. The molecule has 0 bridgehead atoms. The van der Waals surface area contributed by atoms with Gasteiger partial charge in [-0.1, -0.05) is 30.3 Å². The second kappa shape index (κ2) is 7.28. The number of carbonyl (C=O) groups excluding carboxylic acids is 3. The summed E-state index contributed by atoms with van der Waals surface area (Å²) >= 11 is 0.